The molecule has 0 saturated heterocycles. The molecule has 0 atom stereocenters. The van der Waals surface area contributed by atoms with E-state index < -0.39 is 0 Å². The van der Waals surface area contributed by atoms with Crippen molar-refractivity contribution in [2.24, 2.45) is 0 Å². The number of hydrogen-bond donors (Lipinski definition) is 1. The Labute approximate surface area is 117 Å². The maximum Gasteiger partial charge on any atom is 0.119 e. The Morgan fingerprint density at radius 2 is 1.75 bits per heavy atom. The second-order valence-electron chi connectivity index (χ2n) is 4.30. The van der Waals surface area contributed by atoms with Crippen LogP contribution in [0.3, 0.4) is 0 Å². The minimum absolute atomic E-state index is 0.0971. The third-order valence-electron chi connectivity index (χ3n) is 2.63. The zero-order valence-corrected chi connectivity index (χ0v) is 11.5. The lowest BCUT2D eigenvalue weighted by molar-refractivity contribution is 0.276. The molecule has 0 fully saturated rings. The van der Waals surface area contributed by atoms with Crippen molar-refractivity contribution >= 4 is 0 Å². The van der Waals surface area contributed by atoms with Crippen LogP contribution in [-0.4, -0.2) is 33.3 Å². The monoisotopic (exact) mass is 277 g/mol. The van der Waals surface area contributed by atoms with Gasteiger partial charge in [0.2, 0.25) is 0 Å². The van der Waals surface area contributed by atoms with Gasteiger partial charge in [-0.25, -0.2) is 4.68 Å². The van der Waals surface area contributed by atoms with Crippen molar-refractivity contribution in [2.75, 3.05) is 13.2 Å². The van der Waals surface area contributed by atoms with Crippen LogP contribution in [0.2, 0.25) is 0 Å². The fraction of sp³-hybridized carbons (Fsp3) is 0.429. The molecule has 2 aromatic rings. The molecule has 20 heavy (non-hydrogen) atoms. The van der Waals surface area contributed by atoms with Gasteiger partial charge in [0.05, 0.1) is 26.0 Å². The molecule has 6 heteroatoms. The van der Waals surface area contributed by atoms with Crippen LogP contribution in [-0.2, 0) is 13.2 Å². The number of ether oxygens (including phenoxy) is 2. The van der Waals surface area contributed by atoms with E-state index in [-0.39, 0.29) is 6.61 Å². The lowest BCUT2D eigenvalue weighted by Gasteiger charge is -2.08. The summed E-state index contributed by atoms with van der Waals surface area (Å²) in [5.74, 6) is 1.64. The molecule has 108 valence electrons. The van der Waals surface area contributed by atoms with Crippen LogP contribution in [0.15, 0.2) is 30.5 Å². The summed E-state index contributed by atoms with van der Waals surface area (Å²) in [5, 5.41) is 16.5. The number of aromatic nitrogens is 3. The summed E-state index contributed by atoms with van der Waals surface area (Å²) in [7, 11) is 0. The highest BCUT2D eigenvalue weighted by atomic mass is 16.5. The predicted octanol–water partition coefficient (Wildman–Crippen LogP) is 1.64. The Morgan fingerprint density at radius 1 is 1.10 bits per heavy atom. The normalized spacial score (nSPS) is 10.5. The van der Waals surface area contributed by atoms with Gasteiger partial charge in [-0.2, -0.15) is 0 Å². The molecular formula is C14H19N3O3. The largest absolute Gasteiger partial charge is 0.494 e. The van der Waals surface area contributed by atoms with Crippen LogP contribution >= 0.6 is 0 Å². The number of rotatable bonds is 8. The van der Waals surface area contributed by atoms with Crippen LogP contribution < -0.4 is 9.47 Å². The van der Waals surface area contributed by atoms with E-state index in [9.17, 15) is 0 Å². The highest BCUT2D eigenvalue weighted by Gasteiger charge is 2.00. The maximum atomic E-state index is 8.88. The van der Waals surface area contributed by atoms with Gasteiger partial charge in [0.15, 0.2) is 0 Å². The molecule has 0 unspecified atom stereocenters. The Balaban J connectivity index is 1.76. The smallest absolute Gasteiger partial charge is 0.119 e. The average molecular weight is 277 g/mol. The molecule has 1 aromatic heterocycles. The van der Waals surface area contributed by atoms with E-state index in [2.05, 4.69) is 17.2 Å². The van der Waals surface area contributed by atoms with Crippen molar-refractivity contribution in [3.8, 4) is 11.5 Å². The molecule has 0 aliphatic heterocycles. The first kappa shape index (κ1) is 14.3. The van der Waals surface area contributed by atoms with E-state index in [4.69, 9.17) is 14.6 Å². The average Bonchev–Trinajstić information content (AvgIpc) is 2.94. The van der Waals surface area contributed by atoms with Crippen molar-refractivity contribution in [2.45, 2.75) is 26.5 Å². The molecule has 0 amide bonds. The molecule has 1 heterocycles. The molecule has 6 nitrogen and oxygen atoms in total. The van der Waals surface area contributed by atoms with Crippen molar-refractivity contribution in [3.05, 3.63) is 36.2 Å². The molecule has 0 aliphatic rings. The van der Waals surface area contributed by atoms with Gasteiger partial charge in [-0.05, 0) is 30.7 Å². The Kier molecular flexibility index (Phi) is 5.37. The van der Waals surface area contributed by atoms with Gasteiger partial charge >= 0.3 is 0 Å². The zero-order valence-electron chi connectivity index (χ0n) is 11.5. The second kappa shape index (κ2) is 7.49. The number of aliphatic hydroxyl groups is 1. The number of benzene rings is 1. The third kappa shape index (κ3) is 4.24. The van der Waals surface area contributed by atoms with E-state index in [1.54, 1.807) is 10.9 Å². The van der Waals surface area contributed by atoms with Crippen molar-refractivity contribution in [3.63, 3.8) is 0 Å². The predicted molar refractivity (Wildman–Crippen MR) is 73.7 cm³/mol. The fourth-order valence-corrected chi connectivity index (χ4v) is 1.63. The van der Waals surface area contributed by atoms with E-state index in [1.807, 2.05) is 24.3 Å². The molecule has 0 saturated carbocycles. The van der Waals surface area contributed by atoms with Gasteiger partial charge < -0.3 is 14.6 Å². The number of aliphatic hydroxyl groups excluding tert-OH is 1. The lowest BCUT2D eigenvalue weighted by atomic mass is 10.3. The summed E-state index contributed by atoms with van der Waals surface area (Å²) >= 11 is 0. The molecule has 1 N–H and O–H groups in total. The first-order valence-electron chi connectivity index (χ1n) is 6.67. The molecule has 2 rings (SSSR count). The quantitative estimate of drug-likeness (QED) is 0.794. The van der Waals surface area contributed by atoms with Gasteiger partial charge in [0.25, 0.3) is 0 Å². The van der Waals surface area contributed by atoms with E-state index in [0.29, 0.717) is 18.8 Å². The topological polar surface area (TPSA) is 69.4 Å². The second-order valence-corrected chi connectivity index (χ2v) is 4.30. The summed E-state index contributed by atoms with van der Waals surface area (Å²) < 4.78 is 12.7. The molecule has 1 aromatic carbocycles. The SMILES string of the molecule is CCCOc1ccc(OCCn2cc(CO)nn2)cc1. The highest BCUT2D eigenvalue weighted by Crippen LogP contribution is 2.17. The summed E-state index contributed by atoms with van der Waals surface area (Å²) in [6, 6.07) is 7.55. The standard InChI is InChI=1S/C14H19N3O3/c1-2-8-19-13-3-5-14(6-4-13)20-9-7-17-10-12(11-18)15-16-17/h3-6,10,18H,2,7-9,11H2,1H3. The molecule has 0 radical (unpaired) electrons. The minimum atomic E-state index is -0.0971. The number of nitrogens with zero attached hydrogens (tertiary/aromatic N) is 3. The highest BCUT2D eigenvalue weighted by molar-refractivity contribution is 5.31. The Morgan fingerprint density at radius 3 is 2.30 bits per heavy atom. The molecule has 0 aliphatic carbocycles. The van der Waals surface area contributed by atoms with Crippen LogP contribution in [0.1, 0.15) is 19.0 Å². The minimum Gasteiger partial charge on any atom is -0.494 e. The van der Waals surface area contributed by atoms with Crippen LogP contribution in [0.5, 0.6) is 11.5 Å². The first-order valence-corrected chi connectivity index (χ1v) is 6.67. The van der Waals surface area contributed by atoms with Crippen molar-refractivity contribution in [1.82, 2.24) is 15.0 Å². The van der Waals surface area contributed by atoms with E-state index in [1.165, 1.54) is 0 Å². The maximum absolute atomic E-state index is 8.88. The van der Waals surface area contributed by atoms with Gasteiger partial charge in [-0.1, -0.05) is 12.1 Å². The van der Waals surface area contributed by atoms with Gasteiger partial charge in [0, 0.05) is 0 Å². The van der Waals surface area contributed by atoms with E-state index >= 15 is 0 Å². The Bertz CT molecular complexity index is 511. The Hall–Kier alpha value is -2.08. The zero-order chi connectivity index (χ0) is 14.2. The third-order valence-corrected chi connectivity index (χ3v) is 2.63. The van der Waals surface area contributed by atoms with Gasteiger partial charge in [-0.3, -0.25) is 0 Å². The molecule has 0 spiro atoms. The number of hydrogen-bond acceptors (Lipinski definition) is 5. The summed E-state index contributed by atoms with van der Waals surface area (Å²) in [4.78, 5) is 0. The van der Waals surface area contributed by atoms with Crippen molar-refractivity contribution < 1.29 is 14.6 Å². The fourth-order valence-electron chi connectivity index (χ4n) is 1.63. The van der Waals surface area contributed by atoms with Crippen LogP contribution in [0.25, 0.3) is 0 Å². The first-order chi connectivity index (χ1) is 9.81. The lowest BCUT2D eigenvalue weighted by Crippen LogP contribution is -2.08. The van der Waals surface area contributed by atoms with Gasteiger partial charge in [-0.15, -0.1) is 5.10 Å². The van der Waals surface area contributed by atoms with Crippen LogP contribution in [0.4, 0.5) is 0 Å². The molecular weight excluding hydrogens is 258 g/mol. The summed E-state index contributed by atoms with van der Waals surface area (Å²) in [6.07, 6.45) is 2.69. The molecule has 0 bridgehead atoms. The van der Waals surface area contributed by atoms with E-state index in [0.717, 1.165) is 24.5 Å². The van der Waals surface area contributed by atoms with Gasteiger partial charge in [0.1, 0.15) is 23.8 Å². The summed E-state index contributed by atoms with van der Waals surface area (Å²) in [5.41, 5.74) is 0.558. The summed E-state index contributed by atoms with van der Waals surface area (Å²) in [6.45, 7) is 3.77. The van der Waals surface area contributed by atoms with Crippen LogP contribution in [0, 0.1) is 0 Å². The van der Waals surface area contributed by atoms with Crippen molar-refractivity contribution in [1.29, 1.82) is 0 Å².